The van der Waals surface area contributed by atoms with E-state index in [0.29, 0.717) is 0 Å². The number of hydrogen-bond donors (Lipinski definition) is 2. The highest BCUT2D eigenvalue weighted by Crippen LogP contribution is 2.22. The van der Waals surface area contributed by atoms with Crippen molar-refractivity contribution >= 4 is 11.6 Å². The SMILES string of the molecule is CNc1cc(NCc2cccc(C)c2)nc(C(C)(C)C)n1. The normalized spacial score (nSPS) is 11.3. The van der Waals surface area contributed by atoms with Crippen LogP contribution in [0.15, 0.2) is 30.3 Å². The monoisotopic (exact) mass is 284 g/mol. The molecular formula is C17H24N4. The summed E-state index contributed by atoms with van der Waals surface area (Å²) < 4.78 is 0. The molecule has 2 aromatic rings. The molecular weight excluding hydrogens is 260 g/mol. The van der Waals surface area contributed by atoms with Crippen LogP contribution in [-0.2, 0) is 12.0 Å². The molecule has 1 heterocycles. The maximum atomic E-state index is 4.63. The van der Waals surface area contributed by atoms with Crippen molar-refractivity contribution in [3.63, 3.8) is 0 Å². The van der Waals surface area contributed by atoms with Crippen LogP contribution in [0.25, 0.3) is 0 Å². The first kappa shape index (κ1) is 15.3. The van der Waals surface area contributed by atoms with E-state index in [-0.39, 0.29) is 5.41 Å². The van der Waals surface area contributed by atoms with Crippen LogP contribution < -0.4 is 10.6 Å². The highest BCUT2D eigenvalue weighted by molar-refractivity contribution is 5.48. The molecule has 0 aliphatic carbocycles. The van der Waals surface area contributed by atoms with E-state index in [1.165, 1.54) is 11.1 Å². The van der Waals surface area contributed by atoms with Crippen molar-refractivity contribution in [1.82, 2.24) is 9.97 Å². The van der Waals surface area contributed by atoms with E-state index in [9.17, 15) is 0 Å². The van der Waals surface area contributed by atoms with Crippen LogP contribution in [0.2, 0.25) is 0 Å². The minimum Gasteiger partial charge on any atom is -0.373 e. The fraction of sp³-hybridized carbons (Fsp3) is 0.412. The van der Waals surface area contributed by atoms with Gasteiger partial charge in [0, 0.05) is 25.1 Å². The fourth-order valence-corrected chi connectivity index (χ4v) is 2.02. The molecule has 0 aliphatic heterocycles. The number of nitrogens with zero attached hydrogens (tertiary/aromatic N) is 2. The zero-order valence-electron chi connectivity index (χ0n) is 13.5. The van der Waals surface area contributed by atoms with Crippen LogP contribution in [0.5, 0.6) is 0 Å². The van der Waals surface area contributed by atoms with Gasteiger partial charge in [0.05, 0.1) is 0 Å². The van der Waals surface area contributed by atoms with E-state index in [2.05, 4.69) is 72.6 Å². The average Bonchev–Trinajstić information content (AvgIpc) is 2.44. The second-order valence-corrected chi connectivity index (χ2v) is 6.30. The summed E-state index contributed by atoms with van der Waals surface area (Å²) in [6.07, 6.45) is 0. The van der Waals surface area contributed by atoms with Gasteiger partial charge in [-0.3, -0.25) is 0 Å². The maximum Gasteiger partial charge on any atom is 0.138 e. The number of anilines is 2. The molecule has 4 heteroatoms. The quantitative estimate of drug-likeness (QED) is 0.898. The molecule has 21 heavy (non-hydrogen) atoms. The zero-order valence-corrected chi connectivity index (χ0v) is 13.5. The van der Waals surface area contributed by atoms with E-state index in [1.807, 2.05) is 13.1 Å². The van der Waals surface area contributed by atoms with Gasteiger partial charge in [-0.05, 0) is 12.5 Å². The Kier molecular flexibility index (Phi) is 4.46. The number of rotatable bonds is 4. The topological polar surface area (TPSA) is 49.8 Å². The summed E-state index contributed by atoms with van der Waals surface area (Å²) >= 11 is 0. The molecule has 0 unspecified atom stereocenters. The van der Waals surface area contributed by atoms with Gasteiger partial charge in [-0.25, -0.2) is 9.97 Å². The number of nitrogens with one attached hydrogen (secondary N) is 2. The Morgan fingerprint density at radius 2 is 1.76 bits per heavy atom. The van der Waals surface area contributed by atoms with E-state index in [1.54, 1.807) is 0 Å². The van der Waals surface area contributed by atoms with E-state index in [0.717, 1.165) is 24.0 Å². The lowest BCUT2D eigenvalue weighted by Gasteiger charge is -2.19. The lowest BCUT2D eigenvalue weighted by molar-refractivity contribution is 0.546. The molecule has 2 rings (SSSR count). The summed E-state index contributed by atoms with van der Waals surface area (Å²) in [5, 5.41) is 6.48. The van der Waals surface area contributed by atoms with Crippen LogP contribution in [0, 0.1) is 6.92 Å². The standard InChI is InChI=1S/C17H24N4/c1-12-7-6-8-13(9-12)11-19-15-10-14(18-5)20-16(21-15)17(2,3)4/h6-10H,11H2,1-5H3,(H2,18,19,20,21). The van der Waals surface area contributed by atoms with Gasteiger partial charge < -0.3 is 10.6 Å². The number of aryl methyl sites for hydroxylation is 1. The Labute approximate surface area is 127 Å². The average molecular weight is 284 g/mol. The molecule has 1 aromatic heterocycles. The second-order valence-electron chi connectivity index (χ2n) is 6.30. The second kappa shape index (κ2) is 6.12. The van der Waals surface area contributed by atoms with Gasteiger partial charge in [0.25, 0.3) is 0 Å². The van der Waals surface area contributed by atoms with Crippen LogP contribution in [-0.4, -0.2) is 17.0 Å². The van der Waals surface area contributed by atoms with Gasteiger partial charge in [0.15, 0.2) is 0 Å². The van der Waals surface area contributed by atoms with E-state index < -0.39 is 0 Å². The van der Waals surface area contributed by atoms with Gasteiger partial charge >= 0.3 is 0 Å². The van der Waals surface area contributed by atoms with Crippen molar-refractivity contribution in [2.45, 2.75) is 39.7 Å². The molecule has 0 spiro atoms. The highest BCUT2D eigenvalue weighted by Gasteiger charge is 2.18. The predicted octanol–water partition coefficient (Wildman–Crippen LogP) is 3.74. The molecule has 0 atom stereocenters. The lowest BCUT2D eigenvalue weighted by Crippen LogP contribution is -2.18. The molecule has 0 fully saturated rings. The first-order chi connectivity index (χ1) is 9.88. The molecule has 0 saturated carbocycles. The molecule has 0 aliphatic rings. The Morgan fingerprint density at radius 1 is 1.05 bits per heavy atom. The molecule has 4 nitrogen and oxygen atoms in total. The first-order valence-corrected chi connectivity index (χ1v) is 7.25. The fourth-order valence-electron chi connectivity index (χ4n) is 2.02. The van der Waals surface area contributed by atoms with Crippen molar-refractivity contribution in [2.75, 3.05) is 17.7 Å². The third kappa shape index (κ3) is 4.18. The smallest absolute Gasteiger partial charge is 0.138 e. The summed E-state index contributed by atoms with van der Waals surface area (Å²) in [5.74, 6) is 2.52. The third-order valence-electron chi connectivity index (χ3n) is 3.21. The predicted molar refractivity (Wildman–Crippen MR) is 88.8 cm³/mol. The van der Waals surface area contributed by atoms with Crippen molar-refractivity contribution < 1.29 is 0 Å². The minimum absolute atomic E-state index is 0.0768. The summed E-state index contributed by atoms with van der Waals surface area (Å²) in [6, 6.07) is 10.4. The third-order valence-corrected chi connectivity index (χ3v) is 3.21. The minimum atomic E-state index is -0.0768. The number of benzene rings is 1. The Hall–Kier alpha value is -2.10. The molecule has 112 valence electrons. The number of hydrogen-bond acceptors (Lipinski definition) is 4. The van der Waals surface area contributed by atoms with E-state index >= 15 is 0 Å². The Bertz CT molecular complexity index is 614. The van der Waals surface area contributed by atoms with Crippen molar-refractivity contribution in [3.05, 3.63) is 47.3 Å². The van der Waals surface area contributed by atoms with Crippen molar-refractivity contribution in [2.24, 2.45) is 0 Å². The van der Waals surface area contributed by atoms with Gasteiger partial charge in [0.2, 0.25) is 0 Å². The molecule has 0 radical (unpaired) electrons. The van der Waals surface area contributed by atoms with Crippen molar-refractivity contribution in [1.29, 1.82) is 0 Å². The van der Waals surface area contributed by atoms with Crippen LogP contribution >= 0.6 is 0 Å². The van der Waals surface area contributed by atoms with Crippen molar-refractivity contribution in [3.8, 4) is 0 Å². The summed E-state index contributed by atoms with van der Waals surface area (Å²) in [6.45, 7) is 9.21. The van der Waals surface area contributed by atoms with Gasteiger partial charge in [-0.1, -0.05) is 50.6 Å². The maximum absolute atomic E-state index is 4.63. The molecule has 0 saturated heterocycles. The van der Waals surface area contributed by atoms with Gasteiger partial charge in [-0.15, -0.1) is 0 Å². The molecule has 0 bridgehead atoms. The lowest BCUT2D eigenvalue weighted by atomic mass is 9.96. The first-order valence-electron chi connectivity index (χ1n) is 7.25. The van der Waals surface area contributed by atoms with Gasteiger partial charge in [-0.2, -0.15) is 0 Å². The Balaban J connectivity index is 2.19. The van der Waals surface area contributed by atoms with Crippen LogP contribution in [0.1, 0.15) is 37.7 Å². The number of aromatic nitrogens is 2. The van der Waals surface area contributed by atoms with Gasteiger partial charge in [0.1, 0.15) is 17.5 Å². The summed E-state index contributed by atoms with van der Waals surface area (Å²) in [4.78, 5) is 9.16. The largest absolute Gasteiger partial charge is 0.373 e. The van der Waals surface area contributed by atoms with Crippen LogP contribution in [0.3, 0.4) is 0 Å². The highest BCUT2D eigenvalue weighted by atomic mass is 15.1. The summed E-state index contributed by atoms with van der Waals surface area (Å²) in [5.41, 5.74) is 2.44. The molecule has 1 aromatic carbocycles. The molecule has 0 amide bonds. The van der Waals surface area contributed by atoms with Crippen LogP contribution in [0.4, 0.5) is 11.6 Å². The van der Waals surface area contributed by atoms with E-state index in [4.69, 9.17) is 0 Å². The molecule has 2 N–H and O–H groups in total. The zero-order chi connectivity index (χ0) is 15.5. The Morgan fingerprint density at radius 3 is 2.38 bits per heavy atom. The summed E-state index contributed by atoms with van der Waals surface area (Å²) in [7, 11) is 1.87.